The van der Waals surface area contributed by atoms with Crippen LogP contribution in [-0.2, 0) is 10.2 Å². The molecule has 18 heavy (non-hydrogen) atoms. The van der Waals surface area contributed by atoms with Gasteiger partial charge in [0.05, 0.1) is 10.9 Å². The zero-order chi connectivity index (χ0) is 13.5. The Bertz CT molecular complexity index is 538. The van der Waals surface area contributed by atoms with Gasteiger partial charge in [0.1, 0.15) is 0 Å². The maximum Gasteiger partial charge on any atom is 0.225 e. The molecule has 0 aromatic heterocycles. The highest BCUT2D eigenvalue weighted by molar-refractivity contribution is 6.37. The lowest BCUT2D eigenvalue weighted by atomic mass is 9.77. The fourth-order valence-electron chi connectivity index (χ4n) is 2.21. The van der Waals surface area contributed by atoms with E-state index >= 15 is 0 Å². The summed E-state index contributed by atoms with van der Waals surface area (Å²) in [6, 6.07) is 3.36. The van der Waals surface area contributed by atoms with Crippen LogP contribution in [0.25, 0.3) is 0 Å². The first kappa shape index (κ1) is 13.4. The molecule has 0 saturated carbocycles. The number of ketones is 1. The average molecular weight is 286 g/mol. The molecule has 0 aliphatic carbocycles. The molecule has 1 heterocycles. The quantitative estimate of drug-likeness (QED) is 0.669. The lowest BCUT2D eigenvalue weighted by Crippen LogP contribution is -2.32. The largest absolute Gasteiger partial charge is 0.326 e. The summed E-state index contributed by atoms with van der Waals surface area (Å²) < 4.78 is 0. The van der Waals surface area contributed by atoms with E-state index in [0.29, 0.717) is 22.7 Å². The number of fused-ring (bicyclic) bond motifs is 1. The molecule has 1 N–H and O–H groups in total. The second-order valence-electron chi connectivity index (χ2n) is 5.04. The number of rotatable bonds is 2. The van der Waals surface area contributed by atoms with Crippen molar-refractivity contribution in [2.75, 3.05) is 11.2 Å². The van der Waals surface area contributed by atoms with Crippen LogP contribution >= 0.6 is 23.2 Å². The van der Waals surface area contributed by atoms with Crippen LogP contribution in [0.2, 0.25) is 5.02 Å². The lowest BCUT2D eigenvalue weighted by molar-refractivity contribution is -0.117. The topological polar surface area (TPSA) is 46.2 Å². The molecule has 0 fully saturated rings. The van der Waals surface area contributed by atoms with Gasteiger partial charge in [-0.3, -0.25) is 9.59 Å². The van der Waals surface area contributed by atoms with Gasteiger partial charge in [0.15, 0.2) is 5.78 Å². The van der Waals surface area contributed by atoms with Crippen LogP contribution in [0.1, 0.15) is 36.2 Å². The summed E-state index contributed by atoms with van der Waals surface area (Å²) in [7, 11) is 0. The van der Waals surface area contributed by atoms with Gasteiger partial charge in [0.2, 0.25) is 5.91 Å². The third-order valence-electron chi connectivity index (χ3n) is 3.13. The monoisotopic (exact) mass is 285 g/mol. The Labute approximate surface area is 115 Å². The number of benzene rings is 1. The van der Waals surface area contributed by atoms with E-state index < -0.39 is 0 Å². The summed E-state index contributed by atoms with van der Waals surface area (Å²) in [6.07, 6.45) is 0.385. The molecule has 1 aromatic rings. The first-order chi connectivity index (χ1) is 8.35. The predicted octanol–water partition coefficient (Wildman–Crippen LogP) is 3.38. The number of hydrogen-bond acceptors (Lipinski definition) is 2. The van der Waals surface area contributed by atoms with Crippen LogP contribution < -0.4 is 5.32 Å². The maximum absolute atomic E-state index is 11.7. The third-order valence-corrected chi connectivity index (χ3v) is 3.69. The first-order valence-electron chi connectivity index (χ1n) is 5.58. The van der Waals surface area contributed by atoms with Crippen molar-refractivity contribution in [3.8, 4) is 0 Å². The highest BCUT2D eigenvalue weighted by Gasteiger charge is 2.33. The van der Waals surface area contributed by atoms with E-state index in [-0.39, 0.29) is 23.0 Å². The number of hydrogen-bond donors (Lipinski definition) is 1. The number of halogens is 2. The van der Waals surface area contributed by atoms with Crippen molar-refractivity contribution in [3.05, 3.63) is 28.3 Å². The van der Waals surface area contributed by atoms with E-state index in [0.717, 1.165) is 5.56 Å². The van der Waals surface area contributed by atoms with E-state index in [1.807, 2.05) is 13.8 Å². The fourth-order valence-corrected chi connectivity index (χ4v) is 2.63. The molecule has 0 spiro atoms. The smallest absolute Gasteiger partial charge is 0.225 e. The molecule has 0 radical (unpaired) electrons. The second-order valence-corrected chi connectivity index (χ2v) is 5.72. The Morgan fingerprint density at radius 3 is 2.72 bits per heavy atom. The summed E-state index contributed by atoms with van der Waals surface area (Å²) in [5, 5.41) is 3.09. The Hall–Kier alpha value is -1.06. The number of carbonyl (C=O) groups is 2. The van der Waals surface area contributed by atoms with E-state index in [1.54, 1.807) is 12.1 Å². The van der Waals surface area contributed by atoms with Crippen molar-refractivity contribution >= 4 is 40.6 Å². The van der Waals surface area contributed by atoms with E-state index in [2.05, 4.69) is 5.32 Å². The van der Waals surface area contributed by atoms with Crippen LogP contribution in [0.4, 0.5) is 5.69 Å². The Kier molecular flexibility index (Phi) is 3.39. The molecular formula is C13H13Cl2NO2. The summed E-state index contributed by atoms with van der Waals surface area (Å²) in [4.78, 5) is 23.3. The van der Waals surface area contributed by atoms with Gasteiger partial charge in [0, 0.05) is 23.1 Å². The van der Waals surface area contributed by atoms with Gasteiger partial charge in [-0.1, -0.05) is 25.4 Å². The van der Waals surface area contributed by atoms with Crippen LogP contribution in [-0.4, -0.2) is 17.6 Å². The van der Waals surface area contributed by atoms with Crippen molar-refractivity contribution in [1.29, 1.82) is 0 Å². The van der Waals surface area contributed by atoms with Crippen molar-refractivity contribution in [2.45, 2.75) is 25.7 Å². The number of anilines is 1. The zero-order valence-electron chi connectivity index (χ0n) is 10.1. The van der Waals surface area contributed by atoms with Crippen LogP contribution in [0.15, 0.2) is 12.1 Å². The SMILES string of the molecule is CC1(C)CC(=O)Nc2cc(Cl)c(C(=O)CCl)cc21. The first-order valence-corrected chi connectivity index (χ1v) is 6.49. The molecule has 0 unspecified atom stereocenters. The Morgan fingerprint density at radius 1 is 1.44 bits per heavy atom. The average Bonchev–Trinajstić information content (AvgIpc) is 2.25. The minimum atomic E-state index is -0.316. The summed E-state index contributed by atoms with van der Waals surface area (Å²) >= 11 is 11.6. The molecule has 5 heteroatoms. The minimum Gasteiger partial charge on any atom is -0.326 e. The molecule has 0 atom stereocenters. The van der Waals surface area contributed by atoms with Crippen LogP contribution in [0.3, 0.4) is 0 Å². The standard InChI is InChI=1S/C13H13Cl2NO2/c1-13(2)5-12(18)16-10-4-9(15)7(3-8(10)13)11(17)6-14/h3-4H,5-6H2,1-2H3,(H,16,18). The summed E-state index contributed by atoms with van der Waals surface area (Å²) in [5.41, 5.74) is 1.69. The van der Waals surface area contributed by atoms with Crippen molar-refractivity contribution < 1.29 is 9.59 Å². The van der Waals surface area contributed by atoms with Gasteiger partial charge in [-0.15, -0.1) is 11.6 Å². The molecule has 1 aromatic carbocycles. The summed E-state index contributed by atoms with van der Waals surface area (Å²) in [5.74, 6) is -0.358. The zero-order valence-corrected chi connectivity index (χ0v) is 11.7. The molecule has 3 nitrogen and oxygen atoms in total. The van der Waals surface area contributed by atoms with Gasteiger partial charge >= 0.3 is 0 Å². The normalized spacial score (nSPS) is 17.0. The maximum atomic E-state index is 11.7. The highest BCUT2D eigenvalue weighted by Crippen LogP contribution is 2.39. The van der Waals surface area contributed by atoms with Crippen LogP contribution in [0.5, 0.6) is 0 Å². The fraction of sp³-hybridized carbons (Fsp3) is 0.385. The lowest BCUT2D eigenvalue weighted by Gasteiger charge is -2.32. The van der Waals surface area contributed by atoms with Crippen molar-refractivity contribution in [3.63, 3.8) is 0 Å². The Morgan fingerprint density at radius 2 is 2.11 bits per heavy atom. The van der Waals surface area contributed by atoms with Crippen molar-refractivity contribution in [2.24, 2.45) is 0 Å². The predicted molar refractivity (Wildman–Crippen MR) is 72.8 cm³/mol. The van der Waals surface area contributed by atoms with Gasteiger partial charge in [-0.05, 0) is 17.7 Å². The molecule has 1 aliphatic heterocycles. The minimum absolute atomic E-state index is 0.0417. The van der Waals surface area contributed by atoms with Crippen LogP contribution in [0, 0.1) is 0 Å². The molecule has 1 aliphatic rings. The van der Waals surface area contributed by atoms with E-state index in [9.17, 15) is 9.59 Å². The third kappa shape index (κ3) is 2.25. The molecule has 96 valence electrons. The van der Waals surface area contributed by atoms with Crippen molar-refractivity contribution in [1.82, 2.24) is 0 Å². The van der Waals surface area contributed by atoms with Gasteiger partial charge in [-0.2, -0.15) is 0 Å². The highest BCUT2D eigenvalue weighted by atomic mass is 35.5. The van der Waals surface area contributed by atoms with E-state index in [4.69, 9.17) is 23.2 Å². The molecular weight excluding hydrogens is 273 g/mol. The molecule has 0 saturated heterocycles. The molecule has 0 bridgehead atoms. The van der Waals surface area contributed by atoms with Gasteiger partial charge in [-0.25, -0.2) is 0 Å². The number of carbonyl (C=O) groups excluding carboxylic acids is 2. The number of amides is 1. The molecule has 2 rings (SSSR count). The summed E-state index contributed by atoms with van der Waals surface area (Å²) in [6.45, 7) is 3.93. The number of nitrogens with one attached hydrogen (secondary N) is 1. The number of Topliss-reactive ketones (excluding diaryl/α,β-unsaturated/α-hetero) is 1. The van der Waals surface area contributed by atoms with Gasteiger partial charge < -0.3 is 5.32 Å². The molecule has 1 amide bonds. The number of alkyl halides is 1. The van der Waals surface area contributed by atoms with E-state index in [1.165, 1.54) is 0 Å². The Balaban J connectivity index is 2.60. The van der Waals surface area contributed by atoms with Gasteiger partial charge in [0.25, 0.3) is 0 Å². The second kappa shape index (κ2) is 4.56.